The van der Waals surface area contributed by atoms with Crippen molar-refractivity contribution in [3.05, 3.63) is 22.2 Å². The molecule has 0 aliphatic carbocycles. The highest BCUT2D eigenvalue weighted by Gasteiger charge is 2.12. The van der Waals surface area contributed by atoms with Crippen molar-refractivity contribution < 1.29 is 14.3 Å². The average Bonchev–Trinajstić information content (AvgIpc) is 2.21. The van der Waals surface area contributed by atoms with Crippen LogP contribution in [0, 0.1) is 0 Å². The highest BCUT2D eigenvalue weighted by molar-refractivity contribution is 9.10. The number of hydrogen-bond donors (Lipinski definition) is 0. The molecule has 76 valence electrons. The van der Waals surface area contributed by atoms with Crippen LogP contribution in [0.15, 0.2) is 16.6 Å². The van der Waals surface area contributed by atoms with Gasteiger partial charge in [-0.1, -0.05) is 0 Å². The summed E-state index contributed by atoms with van der Waals surface area (Å²) in [6.45, 7) is 2.40. The Bertz CT molecular complexity index is 336. The van der Waals surface area contributed by atoms with Gasteiger partial charge in [-0.15, -0.1) is 0 Å². The molecule has 0 saturated heterocycles. The maximum atomic E-state index is 10.7. The Labute approximate surface area is 91.1 Å². The first-order valence-corrected chi connectivity index (χ1v) is 4.98. The number of ether oxygens (including phenoxy) is 2. The van der Waals surface area contributed by atoms with Crippen LogP contribution in [-0.2, 0) is 0 Å². The van der Waals surface area contributed by atoms with E-state index < -0.39 is 0 Å². The normalized spacial score (nSPS) is 9.64. The molecule has 0 heterocycles. The summed E-state index contributed by atoms with van der Waals surface area (Å²) in [6.07, 6.45) is 0.770. The van der Waals surface area contributed by atoms with Crippen molar-refractivity contribution in [3.8, 4) is 11.5 Å². The first-order chi connectivity index (χ1) is 6.74. The summed E-state index contributed by atoms with van der Waals surface area (Å²) < 4.78 is 11.1. The average molecular weight is 259 g/mol. The number of methoxy groups -OCH3 is 1. The minimum atomic E-state index is 0.525. The molecule has 0 saturated carbocycles. The third-order valence-electron chi connectivity index (χ3n) is 1.73. The molecule has 0 aliphatic heterocycles. The molecule has 0 N–H and O–H groups in total. The van der Waals surface area contributed by atoms with Crippen molar-refractivity contribution >= 4 is 22.2 Å². The smallest absolute Gasteiger partial charge is 0.176 e. The van der Waals surface area contributed by atoms with Crippen LogP contribution < -0.4 is 9.47 Å². The van der Waals surface area contributed by atoms with Gasteiger partial charge in [0.15, 0.2) is 17.8 Å². The molecule has 1 aromatic rings. The number of carbonyl (C=O) groups excluding carboxylic acids is 1. The van der Waals surface area contributed by atoms with E-state index >= 15 is 0 Å². The largest absolute Gasteiger partial charge is 0.493 e. The summed E-state index contributed by atoms with van der Waals surface area (Å²) in [7, 11) is 1.56. The fraction of sp³-hybridized carbons (Fsp3) is 0.300. The van der Waals surface area contributed by atoms with Gasteiger partial charge < -0.3 is 9.47 Å². The van der Waals surface area contributed by atoms with Gasteiger partial charge in [-0.05, 0) is 35.0 Å². The third kappa shape index (κ3) is 2.07. The summed E-state index contributed by atoms with van der Waals surface area (Å²) in [5.41, 5.74) is 0.550. The van der Waals surface area contributed by atoms with E-state index in [0.29, 0.717) is 28.1 Å². The second kappa shape index (κ2) is 5.00. The number of carbonyl (C=O) groups is 1. The Kier molecular flexibility index (Phi) is 3.95. The molecule has 0 fully saturated rings. The first-order valence-electron chi connectivity index (χ1n) is 4.19. The standard InChI is InChI=1S/C10H11BrO3/c1-3-14-10-8(13-2)5-4-7(6-12)9(10)11/h4-6H,3H2,1-2H3. The summed E-state index contributed by atoms with van der Waals surface area (Å²) in [4.78, 5) is 10.7. The number of aldehydes is 1. The van der Waals surface area contributed by atoms with Crippen LogP contribution in [-0.4, -0.2) is 20.0 Å². The summed E-state index contributed by atoms with van der Waals surface area (Å²) in [6, 6.07) is 3.39. The minimum Gasteiger partial charge on any atom is -0.493 e. The van der Waals surface area contributed by atoms with E-state index in [9.17, 15) is 4.79 Å². The van der Waals surface area contributed by atoms with Crippen LogP contribution in [0.1, 0.15) is 17.3 Å². The highest BCUT2D eigenvalue weighted by atomic mass is 79.9. The van der Waals surface area contributed by atoms with Crippen LogP contribution in [0.3, 0.4) is 0 Å². The summed E-state index contributed by atoms with van der Waals surface area (Å²) in [5.74, 6) is 1.18. The molecule has 0 amide bonds. The van der Waals surface area contributed by atoms with Crippen LogP contribution in [0.4, 0.5) is 0 Å². The van der Waals surface area contributed by atoms with E-state index in [0.717, 1.165) is 6.29 Å². The third-order valence-corrected chi connectivity index (χ3v) is 2.54. The number of benzene rings is 1. The Hall–Kier alpha value is -1.03. The lowest BCUT2D eigenvalue weighted by Gasteiger charge is -2.11. The molecule has 4 heteroatoms. The maximum Gasteiger partial charge on any atom is 0.176 e. The van der Waals surface area contributed by atoms with Gasteiger partial charge in [0.1, 0.15) is 0 Å². The van der Waals surface area contributed by atoms with E-state index in [1.54, 1.807) is 19.2 Å². The molecular formula is C10H11BrO3. The van der Waals surface area contributed by atoms with Crippen LogP contribution in [0.25, 0.3) is 0 Å². The van der Waals surface area contributed by atoms with Crippen LogP contribution in [0.5, 0.6) is 11.5 Å². The van der Waals surface area contributed by atoms with Crippen molar-refractivity contribution in [3.63, 3.8) is 0 Å². The second-order valence-electron chi connectivity index (χ2n) is 2.55. The van der Waals surface area contributed by atoms with Gasteiger partial charge in [-0.25, -0.2) is 0 Å². The number of hydrogen-bond acceptors (Lipinski definition) is 3. The lowest BCUT2D eigenvalue weighted by Crippen LogP contribution is -1.98. The van der Waals surface area contributed by atoms with Crippen molar-refractivity contribution in [2.45, 2.75) is 6.92 Å². The zero-order valence-corrected chi connectivity index (χ0v) is 9.63. The molecule has 0 radical (unpaired) electrons. The van der Waals surface area contributed by atoms with Crippen molar-refractivity contribution in [2.75, 3.05) is 13.7 Å². The molecule has 0 unspecified atom stereocenters. The molecule has 14 heavy (non-hydrogen) atoms. The first kappa shape index (κ1) is 11.0. The molecule has 0 bridgehead atoms. The number of halogens is 1. The fourth-order valence-electron chi connectivity index (χ4n) is 1.08. The van der Waals surface area contributed by atoms with Gasteiger partial charge in [0.2, 0.25) is 0 Å². The van der Waals surface area contributed by atoms with E-state index in [2.05, 4.69) is 15.9 Å². The summed E-state index contributed by atoms with van der Waals surface area (Å²) >= 11 is 3.30. The highest BCUT2D eigenvalue weighted by Crippen LogP contribution is 2.37. The Balaban J connectivity index is 3.23. The van der Waals surface area contributed by atoms with Gasteiger partial charge in [-0.2, -0.15) is 0 Å². The topological polar surface area (TPSA) is 35.5 Å². The Morgan fingerprint density at radius 2 is 2.21 bits per heavy atom. The predicted molar refractivity (Wildman–Crippen MR) is 57.3 cm³/mol. The second-order valence-corrected chi connectivity index (χ2v) is 3.34. The van der Waals surface area contributed by atoms with E-state index in [1.807, 2.05) is 6.92 Å². The SMILES string of the molecule is CCOc1c(OC)ccc(C=O)c1Br. The monoisotopic (exact) mass is 258 g/mol. The maximum absolute atomic E-state index is 10.7. The molecule has 0 atom stereocenters. The van der Waals surface area contributed by atoms with E-state index in [1.165, 1.54) is 0 Å². The lowest BCUT2D eigenvalue weighted by atomic mass is 10.2. The molecule has 0 spiro atoms. The van der Waals surface area contributed by atoms with Gasteiger partial charge in [-0.3, -0.25) is 4.79 Å². The molecule has 0 aromatic heterocycles. The van der Waals surface area contributed by atoms with Crippen LogP contribution in [0.2, 0.25) is 0 Å². The van der Waals surface area contributed by atoms with Crippen molar-refractivity contribution in [2.24, 2.45) is 0 Å². The Morgan fingerprint density at radius 1 is 1.50 bits per heavy atom. The molecule has 3 nitrogen and oxygen atoms in total. The van der Waals surface area contributed by atoms with Gasteiger partial charge >= 0.3 is 0 Å². The molecule has 1 aromatic carbocycles. The van der Waals surface area contributed by atoms with Crippen molar-refractivity contribution in [1.82, 2.24) is 0 Å². The van der Waals surface area contributed by atoms with E-state index in [4.69, 9.17) is 9.47 Å². The van der Waals surface area contributed by atoms with Gasteiger partial charge in [0.25, 0.3) is 0 Å². The summed E-state index contributed by atoms with van der Waals surface area (Å²) in [5, 5.41) is 0. The quantitative estimate of drug-likeness (QED) is 0.780. The number of rotatable bonds is 4. The minimum absolute atomic E-state index is 0.525. The zero-order valence-electron chi connectivity index (χ0n) is 8.04. The molecular weight excluding hydrogens is 248 g/mol. The zero-order chi connectivity index (χ0) is 10.6. The van der Waals surface area contributed by atoms with Crippen LogP contribution >= 0.6 is 15.9 Å². The predicted octanol–water partition coefficient (Wildman–Crippen LogP) is 2.67. The van der Waals surface area contributed by atoms with Gasteiger partial charge in [0, 0.05) is 5.56 Å². The Morgan fingerprint density at radius 3 is 2.71 bits per heavy atom. The fourth-order valence-corrected chi connectivity index (χ4v) is 1.62. The molecule has 0 aliphatic rings. The lowest BCUT2D eigenvalue weighted by molar-refractivity contribution is 0.112. The van der Waals surface area contributed by atoms with Gasteiger partial charge in [0.05, 0.1) is 18.2 Å². The molecule has 1 rings (SSSR count). The van der Waals surface area contributed by atoms with Crippen molar-refractivity contribution in [1.29, 1.82) is 0 Å². The van der Waals surface area contributed by atoms with E-state index in [-0.39, 0.29) is 0 Å².